The number of nitrogens with one attached hydrogen (secondary N) is 1. The molecule has 0 saturated carbocycles. The zero-order chi connectivity index (χ0) is 23.0. The van der Waals surface area contributed by atoms with Crippen LogP contribution in [0, 0.1) is 0 Å². The first-order chi connectivity index (χ1) is 16.2. The third-order valence-electron chi connectivity index (χ3n) is 7.37. The molecule has 33 heavy (non-hydrogen) atoms. The predicted octanol–water partition coefficient (Wildman–Crippen LogP) is 7.50. The van der Waals surface area contributed by atoms with Crippen LogP contribution in [0.25, 0.3) is 10.9 Å². The van der Waals surface area contributed by atoms with E-state index in [-0.39, 0.29) is 5.78 Å². The summed E-state index contributed by atoms with van der Waals surface area (Å²) in [5, 5.41) is 1.22. The Morgan fingerprint density at radius 2 is 1.64 bits per heavy atom. The normalized spacial score (nSPS) is 15.3. The number of H-pyrrole nitrogens is 1. The molecule has 1 fully saturated rings. The zero-order valence-corrected chi connectivity index (χ0v) is 20.5. The van der Waals surface area contributed by atoms with Crippen LogP contribution in [0.15, 0.2) is 48.7 Å². The largest absolute Gasteiger partial charge is 0.361 e. The fraction of sp³-hybridized carbons (Fsp3) is 0.500. The summed E-state index contributed by atoms with van der Waals surface area (Å²) < 4.78 is 0. The number of aromatic amines is 1. The highest BCUT2D eigenvalue weighted by Crippen LogP contribution is 2.34. The Bertz CT molecular complexity index is 1030. The van der Waals surface area contributed by atoms with Gasteiger partial charge >= 0.3 is 0 Å². The number of benzene rings is 2. The standard InChI is InChI=1S/C30H40N2O/c1-3-5-7-8-18-32-19-16-24(17-20-32)28-22-31-29-15-14-26(21-27(28)29)30(33)25-12-10-23(11-13-25)9-6-4-2/h10-15,21-22,24,31H,3-9,16-20H2,1-2H3. The molecule has 3 aromatic rings. The van der Waals surface area contributed by atoms with Crippen molar-refractivity contribution in [1.29, 1.82) is 0 Å². The van der Waals surface area contributed by atoms with Crippen LogP contribution in [0.1, 0.15) is 98.2 Å². The highest BCUT2D eigenvalue weighted by molar-refractivity contribution is 6.10. The molecule has 0 spiro atoms. The molecule has 2 aromatic carbocycles. The number of carbonyl (C=O) groups excluding carboxylic acids is 1. The molecule has 0 bridgehead atoms. The first-order valence-electron chi connectivity index (χ1n) is 13.2. The second kappa shape index (κ2) is 11.7. The minimum atomic E-state index is 0.119. The van der Waals surface area contributed by atoms with Gasteiger partial charge in [0, 0.05) is 28.2 Å². The minimum absolute atomic E-state index is 0.119. The van der Waals surface area contributed by atoms with Crippen LogP contribution in [0.5, 0.6) is 0 Å². The van der Waals surface area contributed by atoms with Gasteiger partial charge in [-0.2, -0.15) is 0 Å². The molecule has 1 aliphatic rings. The summed E-state index contributed by atoms with van der Waals surface area (Å²) in [7, 11) is 0. The van der Waals surface area contributed by atoms with Gasteiger partial charge in [0.15, 0.2) is 5.78 Å². The number of unbranched alkanes of at least 4 members (excludes halogenated alkanes) is 4. The molecule has 0 amide bonds. The molecular formula is C30H40N2O. The molecule has 3 nitrogen and oxygen atoms in total. The highest BCUT2D eigenvalue weighted by atomic mass is 16.1. The van der Waals surface area contributed by atoms with E-state index in [4.69, 9.17) is 0 Å². The first-order valence-corrected chi connectivity index (χ1v) is 13.2. The van der Waals surface area contributed by atoms with Crippen molar-refractivity contribution in [3.05, 3.63) is 70.9 Å². The molecule has 4 rings (SSSR count). The molecule has 0 aliphatic carbocycles. The topological polar surface area (TPSA) is 36.1 Å². The van der Waals surface area contributed by atoms with E-state index in [0.29, 0.717) is 5.92 Å². The lowest BCUT2D eigenvalue weighted by Gasteiger charge is -2.32. The summed E-state index contributed by atoms with van der Waals surface area (Å²) >= 11 is 0. The van der Waals surface area contributed by atoms with Crippen molar-refractivity contribution in [1.82, 2.24) is 9.88 Å². The molecule has 176 valence electrons. The molecule has 3 heteroatoms. The maximum absolute atomic E-state index is 13.2. The van der Waals surface area contributed by atoms with Crippen LogP contribution in [0.2, 0.25) is 0 Å². The summed E-state index contributed by atoms with van der Waals surface area (Å²) in [6, 6.07) is 14.4. The second-order valence-electron chi connectivity index (χ2n) is 9.81. The van der Waals surface area contributed by atoms with Crippen LogP contribution < -0.4 is 0 Å². The van der Waals surface area contributed by atoms with Crippen LogP contribution >= 0.6 is 0 Å². The fourth-order valence-corrected chi connectivity index (χ4v) is 5.22. The van der Waals surface area contributed by atoms with Gasteiger partial charge in [-0.3, -0.25) is 4.79 Å². The Kier molecular flexibility index (Phi) is 8.39. The van der Waals surface area contributed by atoms with E-state index in [2.05, 4.69) is 54.2 Å². The monoisotopic (exact) mass is 444 g/mol. The molecule has 1 aromatic heterocycles. The van der Waals surface area contributed by atoms with Gasteiger partial charge in [-0.15, -0.1) is 0 Å². The number of carbonyl (C=O) groups is 1. The van der Waals surface area contributed by atoms with Gasteiger partial charge in [0.1, 0.15) is 0 Å². The predicted molar refractivity (Wildman–Crippen MR) is 139 cm³/mol. The number of hydrogen-bond donors (Lipinski definition) is 1. The van der Waals surface area contributed by atoms with Crippen molar-refractivity contribution >= 4 is 16.7 Å². The Labute approximate surface area is 199 Å². The van der Waals surface area contributed by atoms with Gasteiger partial charge in [0.2, 0.25) is 0 Å². The molecular weight excluding hydrogens is 404 g/mol. The first kappa shape index (κ1) is 23.8. The number of ketones is 1. The smallest absolute Gasteiger partial charge is 0.193 e. The van der Waals surface area contributed by atoms with E-state index < -0.39 is 0 Å². The molecule has 1 saturated heterocycles. The lowest BCUT2D eigenvalue weighted by Crippen LogP contribution is -2.33. The zero-order valence-electron chi connectivity index (χ0n) is 20.5. The maximum Gasteiger partial charge on any atom is 0.193 e. The van der Waals surface area contributed by atoms with Crippen LogP contribution in [0.3, 0.4) is 0 Å². The molecule has 0 unspecified atom stereocenters. The lowest BCUT2D eigenvalue weighted by atomic mass is 9.88. The summed E-state index contributed by atoms with van der Waals surface area (Å²) in [5.74, 6) is 0.696. The number of rotatable bonds is 11. The molecule has 2 heterocycles. The average Bonchev–Trinajstić information content (AvgIpc) is 3.29. The number of piperidine rings is 1. The Balaban J connectivity index is 1.43. The van der Waals surface area contributed by atoms with Crippen LogP contribution in [0.4, 0.5) is 0 Å². The van der Waals surface area contributed by atoms with Gasteiger partial charge in [-0.1, -0.05) is 63.8 Å². The Hall–Kier alpha value is -2.39. The minimum Gasteiger partial charge on any atom is -0.361 e. The molecule has 1 aliphatic heterocycles. The number of aromatic nitrogens is 1. The van der Waals surface area contributed by atoms with Crippen molar-refractivity contribution in [3.63, 3.8) is 0 Å². The second-order valence-corrected chi connectivity index (χ2v) is 9.81. The lowest BCUT2D eigenvalue weighted by molar-refractivity contribution is 0.103. The Morgan fingerprint density at radius 3 is 2.36 bits per heavy atom. The number of likely N-dealkylation sites (tertiary alicyclic amines) is 1. The third-order valence-corrected chi connectivity index (χ3v) is 7.37. The fourth-order valence-electron chi connectivity index (χ4n) is 5.22. The van der Waals surface area contributed by atoms with Crippen LogP contribution in [-0.2, 0) is 6.42 Å². The van der Waals surface area contributed by atoms with E-state index in [1.54, 1.807) is 0 Å². The highest BCUT2D eigenvalue weighted by Gasteiger charge is 2.23. The van der Waals surface area contributed by atoms with E-state index in [9.17, 15) is 4.79 Å². The van der Waals surface area contributed by atoms with E-state index >= 15 is 0 Å². The Morgan fingerprint density at radius 1 is 0.909 bits per heavy atom. The van der Waals surface area contributed by atoms with Crippen molar-refractivity contribution in [2.75, 3.05) is 19.6 Å². The van der Waals surface area contributed by atoms with Gasteiger partial charge in [-0.25, -0.2) is 0 Å². The van der Waals surface area contributed by atoms with E-state index in [1.165, 1.54) is 87.5 Å². The van der Waals surface area contributed by atoms with E-state index in [0.717, 1.165) is 23.1 Å². The van der Waals surface area contributed by atoms with Gasteiger partial charge in [0.25, 0.3) is 0 Å². The van der Waals surface area contributed by atoms with Crippen molar-refractivity contribution in [2.24, 2.45) is 0 Å². The summed E-state index contributed by atoms with van der Waals surface area (Å²) in [6.07, 6.45) is 13.4. The van der Waals surface area contributed by atoms with Crippen molar-refractivity contribution in [3.8, 4) is 0 Å². The quantitative estimate of drug-likeness (QED) is 0.245. The van der Waals surface area contributed by atoms with Gasteiger partial charge in [-0.05, 0) is 87.0 Å². The summed E-state index contributed by atoms with van der Waals surface area (Å²) in [4.78, 5) is 19.3. The number of fused-ring (bicyclic) bond motifs is 1. The third kappa shape index (κ3) is 5.95. The van der Waals surface area contributed by atoms with Gasteiger partial charge in [0.05, 0.1) is 0 Å². The van der Waals surface area contributed by atoms with Crippen molar-refractivity contribution < 1.29 is 4.79 Å². The number of nitrogens with zero attached hydrogens (tertiary/aromatic N) is 1. The average molecular weight is 445 g/mol. The van der Waals surface area contributed by atoms with Gasteiger partial charge < -0.3 is 9.88 Å². The van der Waals surface area contributed by atoms with Crippen molar-refractivity contribution in [2.45, 2.75) is 77.6 Å². The molecule has 1 N–H and O–H groups in total. The molecule has 0 atom stereocenters. The number of aryl methyl sites for hydroxylation is 1. The maximum atomic E-state index is 13.2. The molecule has 0 radical (unpaired) electrons. The van der Waals surface area contributed by atoms with E-state index in [1.807, 2.05) is 18.2 Å². The summed E-state index contributed by atoms with van der Waals surface area (Å²) in [5.41, 5.74) is 5.41. The van der Waals surface area contributed by atoms with Crippen LogP contribution in [-0.4, -0.2) is 35.3 Å². The SMILES string of the molecule is CCCCCCN1CCC(c2c[nH]c3ccc(C(=O)c4ccc(CCCC)cc4)cc23)CC1. The summed E-state index contributed by atoms with van der Waals surface area (Å²) in [6.45, 7) is 8.10. The number of hydrogen-bond acceptors (Lipinski definition) is 2.